The van der Waals surface area contributed by atoms with Crippen molar-refractivity contribution in [2.45, 2.75) is 24.6 Å². The largest absolute Gasteiger partial charge is 0.416 e. The molecule has 1 atom stereocenters. The van der Waals surface area contributed by atoms with Crippen LogP contribution in [0.25, 0.3) is 0 Å². The molecule has 0 saturated heterocycles. The highest BCUT2D eigenvalue weighted by Crippen LogP contribution is 2.46. The third kappa shape index (κ3) is 4.48. The lowest BCUT2D eigenvalue weighted by molar-refractivity contribution is -0.137. The molecule has 0 aliphatic heterocycles. The third-order valence-electron chi connectivity index (χ3n) is 4.37. The van der Waals surface area contributed by atoms with Crippen LogP contribution in [-0.4, -0.2) is 23.5 Å². The van der Waals surface area contributed by atoms with Crippen LogP contribution in [0.3, 0.4) is 0 Å². The zero-order chi connectivity index (χ0) is 19.7. The Labute approximate surface area is 157 Å². The number of amides is 2. The van der Waals surface area contributed by atoms with Gasteiger partial charge in [-0.2, -0.15) is 13.2 Å². The Morgan fingerprint density at radius 3 is 2.48 bits per heavy atom. The van der Waals surface area contributed by atoms with Crippen molar-refractivity contribution in [3.05, 3.63) is 52.2 Å². The fourth-order valence-electron chi connectivity index (χ4n) is 2.77. The zero-order valence-corrected chi connectivity index (χ0v) is 14.9. The predicted octanol–water partition coefficient (Wildman–Crippen LogP) is 3.12. The number of hydrogen-bond donors (Lipinski definition) is 3. The average molecular weight is 398 g/mol. The molecule has 3 rings (SSSR count). The number of aliphatic hydroxyl groups is 1. The van der Waals surface area contributed by atoms with Crippen LogP contribution in [0.15, 0.2) is 41.8 Å². The Balaban J connectivity index is 1.62. The molecular weight excluding hydrogens is 381 g/mol. The first kappa shape index (κ1) is 19.4. The van der Waals surface area contributed by atoms with Gasteiger partial charge < -0.3 is 15.7 Å². The van der Waals surface area contributed by atoms with Crippen LogP contribution in [0.1, 0.15) is 23.3 Å². The first-order chi connectivity index (χ1) is 12.7. The van der Waals surface area contributed by atoms with Gasteiger partial charge in [0.1, 0.15) is 5.60 Å². The third-order valence-corrected chi connectivity index (χ3v) is 5.41. The smallest absolute Gasteiger partial charge is 0.382 e. The van der Waals surface area contributed by atoms with Crippen molar-refractivity contribution in [2.75, 3.05) is 11.9 Å². The number of alkyl halides is 3. The van der Waals surface area contributed by atoms with Crippen LogP contribution in [-0.2, 0) is 21.4 Å². The van der Waals surface area contributed by atoms with Gasteiger partial charge in [0.15, 0.2) is 0 Å². The maximum Gasteiger partial charge on any atom is 0.416 e. The van der Waals surface area contributed by atoms with Crippen molar-refractivity contribution in [2.24, 2.45) is 5.92 Å². The summed E-state index contributed by atoms with van der Waals surface area (Å²) in [5.74, 6) is -2.12. The number of thiophene rings is 1. The minimum atomic E-state index is -4.55. The number of anilines is 1. The topological polar surface area (TPSA) is 78.4 Å². The minimum Gasteiger partial charge on any atom is -0.382 e. The van der Waals surface area contributed by atoms with E-state index in [1.807, 2.05) is 5.38 Å². The predicted molar refractivity (Wildman–Crippen MR) is 94.0 cm³/mol. The molecule has 1 aromatic heterocycles. The van der Waals surface area contributed by atoms with Crippen molar-refractivity contribution in [1.29, 1.82) is 0 Å². The van der Waals surface area contributed by atoms with E-state index in [4.69, 9.17) is 0 Å². The lowest BCUT2D eigenvalue weighted by Crippen LogP contribution is -2.45. The first-order valence-corrected chi connectivity index (χ1v) is 9.11. The van der Waals surface area contributed by atoms with Gasteiger partial charge in [-0.25, -0.2) is 0 Å². The van der Waals surface area contributed by atoms with Crippen LogP contribution in [0.5, 0.6) is 0 Å². The summed E-state index contributed by atoms with van der Waals surface area (Å²) < 4.78 is 38.1. The SMILES string of the molecule is O=C(NCC(O)(c1cccs1)C1CC1)C(=O)Nc1cccc(C(F)(F)F)c1. The molecule has 144 valence electrons. The number of nitrogens with one attached hydrogen (secondary N) is 2. The molecule has 1 aliphatic rings. The molecule has 0 spiro atoms. The lowest BCUT2D eigenvalue weighted by atomic mass is 9.95. The number of halogens is 3. The fourth-order valence-corrected chi connectivity index (χ4v) is 3.68. The van der Waals surface area contributed by atoms with Gasteiger partial charge in [0, 0.05) is 10.6 Å². The quantitative estimate of drug-likeness (QED) is 0.678. The summed E-state index contributed by atoms with van der Waals surface area (Å²) in [5.41, 5.74) is -2.32. The van der Waals surface area contributed by atoms with Gasteiger partial charge in [0.05, 0.1) is 12.1 Å². The Bertz CT molecular complexity index is 835. The van der Waals surface area contributed by atoms with Gasteiger partial charge in [-0.3, -0.25) is 9.59 Å². The van der Waals surface area contributed by atoms with E-state index in [0.717, 1.165) is 31.0 Å². The molecule has 3 N–H and O–H groups in total. The van der Waals surface area contributed by atoms with Crippen LogP contribution in [0.2, 0.25) is 0 Å². The monoisotopic (exact) mass is 398 g/mol. The number of rotatable bonds is 5. The molecule has 5 nitrogen and oxygen atoms in total. The lowest BCUT2D eigenvalue weighted by Gasteiger charge is -2.27. The Kier molecular flexibility index (Phi) is 5.25. The normalized spacial score (nSPS) is 16.4. The Morgan fingerprint density at radius 1 is 1.15 bits per heavy atom. The average Bonchev–Trinajstić information content (AvgIpc) is 3.33. The maximum atomic E-state index is 12.7. The Morgan fingerprint density at radius 2 is 1.89 bits per heavy atom. The molecule has 2 aromatic rings. The molecule has 2 amide bonds. The summed E-state index contributed by atoms with van der Waals surface area (Å²) in [7, 11) is 0. The molecule has 1 saturated carbocycles. The van der Waals surface area contributed by atoms with E-state index in [1.54, 1.807) is 12.1 Å². The molecule has 0 radical (unpaired) electrons. The molecule has 1 heterocycles. The second-order valence-corrected chi connectivity index (χ2v) is 7.34. The Hall–Kier alpha value is -2.39. The van der Waals surface area contributed by atoms with Crippen LogP contribution in [0.4, 0.5) is 18.9 Å². The van der Waals surface area contributed by atoms with Gasteiger partial charge in [-0.1, -0.05) is 12.1 Å². The van der Waals surface area contributed by atoms with Crippen LogP contribution >= 0.6 is 11.3 Å². The second kappa shape index (κ2) is 7.32. The van der Waals surface area contributed by atoms with Gasteiger partial charge >= 0.3 is 18.0 Å². The van der Waals surface area contributed by atoms with Gasteiger partial charge in [0.25, 0.3) is 0 Å². The zero-order valence-electron chi connectivity index (χ0n) is 14.0. The standard InChI is InChI=1S/C18H17F3N2O3S/c19-18(20,21)12-3-1-4-13(9-12)23-16(25)15(24)22-10-17(26,11-6-7-11)14-5-2-8-27-14/h1-5,8-9,11,26H,6-7,10H2,(H,22,24)(H,23,25). The summed E-state index contributed by atoms with van der Waals surface area (Å²) in [5, 5.41) is 17.2. The maximum absolute atomic E-state index is 12.7. The summed E-state index contributed by atoms with van der Waals surface area (Å²) in [6.07, 6.45) is -2.91. The summed E-state index contributed by atoms with van der Waals surface area (Å²) in [6, 6.07) is 7.56. The van der Waals surface area contributed by atoms with E-state index in [0.29, 0.717) is 4.88 Å². The molecule has 1 fully saturated rings. The highest BCUT2D eigenvalue weighted by atomic mass is 32.1. The van der Waals surface area contributed by atoms with E-state index in [2.05, 4.69) is 10.6 Å². The van der Waals surface area contributed by atoms with Gasteiger partial charge in [-0.05, 0) is 48.4 Å². The number of carbonyl (C=O) groups excluding carboxylic acids is 2. The summed E-state index contributed by atoms with van der Waals surface area (Å²) in [4.78, 5) is 24.7. The van der Waals surface area contributed by atoms with Crippen molar-refractivity contribution >= 4 is 28.8 Å². The second-order valence-electron chi connectivity index (χ2n) is 6.39. The molecule has 0 bridgehead atoms. The molecular formula is C18H17F3N2O3S. The van der Waals surface area contributed by atoms with Gasteiger partial charge in [0.2, 0.25) is 0 Å². The van der Waals surface area contributed by atoms with E-state index >= 15 is 0 Å². The molecule has 27 heavy (non-hydrogen) atoms. The van der Waals surface area contributed by atoms with E-state index in [-0.39, 0.29) is 18.2 Å². The van der Waals surface area contributed by atoms with Crippen LogP contribution in [0, 0.1) is 5.92 Å². The molecule has 1 unspecified atom stereocenters. The van der Waals surface area contributed by atoms with E-state index in [1.165, 1.54) is 17.4 Å². The van der Waals surface area contributed by atoms with Crippen molar-refractivity contribution in [3.8, 4) is 0 Å². The number of benzene rings is 1. The minimum absolute atomic E-state index is 0.00276. The number of hydrogen-bond acceptors (Lipinski definition) is 4. The van der Waals surface area contributed by atoms with Gasteiger partial charge in [-0.15, -0.1) is 11.3 Å². The van der Waals surface area contributed by atoms with Crippen molar-refractivity contribution < 1.29 is 27.9 Å². The van der Waals surface area contributed by atoms with E-state index < -0.39 is 29.2 Å². The number of carbonyl (C=O) groups is 2. The van der Waals surface area contributed by atoms with Crippen molar-refractivity contribution in [3.63, 3.8) is 0 Å². The first-order valence-electron chi connectivity index (χ1n) is 8.23. The van der Waals surface area contributed by atoms with Crippen molar-refractivity contribution in [1.82, 2.24) is 5.32 Å². The molecule has 1 aromatic carbocycles. The fraction of sp³-hybridized carbons (Fsp3) is 0.333. The molecule has 9 heteroatoms. The summed E-state index contributed by atoms with van der Waals surface area (Å²) in [6.45, 7) is -0.146. The molecule has 1 aliphatic carbocycles. The van der Waals surface area contributed by atoms with E-state index in [9.17, 15) is 27.9 Å². The highest BCUT2D eigenvalue weighted by Gasteiger charge is 2.46. The highest BCUT2D eigenvalue weighted by molar-refractivity contribution is 7.10. The van der Waals surface area contributed by atoms with Crippen LogP contribution < -0.4 is 10.6 Å². The summed E-state index contributed by atoms with van der Waals surface area (Å²) >= 11 is 1.36.